The Bertz CT molecular complexity index is 641. The zero-order valence-electron chi connectivity index (χ0n) is 15.6. The number of hydrogen-bond donors (Lipinski definition) is 2. The van der Waals surface area contributed by atoms with Crippen molar-refractivity contribution in [3.63, 3.8) is 0 Å². The van der Waals surface area contributed by atoms with Crippen LogP contribution in [0.3, 0.4) is 0 Å². The molecule has 1 aromatic rings. The second-order valence-corrected chi connectivity index (χ2v) is 7.29. The first-order valence-electron chi connectivity index (χ1n) is 9.76. The Morgan fingerprint density at radius 3 is 2.41 bits per heavy atom. The Labute approximate surface area is 159 Å². The van der Waals surface area contributed by atoms with E-state index in [0.717, 1.165) is 32.8 Å². The molecular formula is C20H28FN3O3. The normalized spacial score (nSPS) is 23.6. The average molecular weight is 377 g/mol. The molecule has 0 unspecified atom stereocenters. The molecule has 0 bridgehead atoms. The van der Waals surface area contributed by atoms with Crippen molar-refractivity contribution in [2.45, 2.75) is 25.7 Å². The third-order valence-electron chi connectivity index (χ3n) is 5.39. The van der Waals surface area contributed by atoms with Crippen molar-refractivity contribution in [3.05, 3.63) is 30.1 Å². The molecule has 0 spiro atoms. The third-order valence-corrected chi connectivity index (χ3v) is 5.39. The summed E-state index contributed by atoms with van der Waals surface area (Å²) in [4.78, 5) is 27.0. The highest BCUT2D eigenvalue weighted by Crippen LogP contribution is 2.30. The number of halogens is 1. The van der Waals surface area contributed by atoms with Gasteiger partial charge in [0.05, 0.1) is 13.2 Å². The van der Waals surface area contributed by atoms with Crippen molar-refractivity contribution in [1.82, 2.24) is 10.2 Å². The van der Waals surface area contributed by atoms with Gasteiger partial charge < -0.3 is 15.4 Å². The highest BCUT2D eigenvalue weighted by Gasteiger charge is 2.30. The molecule has 1 saturated carbocycles. The Morgan fingerprint density at radius 2 is 1.74 bits per heavy atom. The summed E-state index contributed by atoms with van der Waals surface area (Å²) in [5, 5.41) is 5.80. The highest BCUT2D eigenvalue weighted by molar-refractivity contribution is 5.92. The lowest BCUT2D eigenvalue weighted by Crippen LogP contribution is -2.43. The molecule has 6 nitrogen and oxygen atoms in total. The van der Waals surface area contributed by atoms with Gasteiger partial charge in [0.1, 0.15) is 5.82 Å². The van der Waals surface area contributed by atoms with Crippen LogP contribution in [-0.4, -0.2) is 56.1 Å². The Balaban J connectivity index is 1.36. The van der Waals surface area contributed by atoms with Gasteiger partial charge in [-0.05, 0) is 43.9 Å². The first-order valence-corrected chi connectivity index (χ1v) is 9.76. The molecule has 1 aromatic carbocycles. The summed E-state index contributed by atoms with van der Waals surface area (Å²) in [7, 11) is 0. The summed E-state index contributed by atoms with van der Waals surface area (Å²) >= 11 is 0. The van der Waals surface area contributed by atoms with E-state index in [1.165, 1.54) is 12.1 Å². The largest absolute Gasteiger partial charge is 0.379 e. The van der Waals surface area contributed by atoms with Gasteiger partial charge in [0.25, 0.3) is 0 Å². The van der Waals surface area contributed by atoms with Crippen molar-refractivity contribution < 1.29 is 18.7 Å². The van der Waals surface area contributed by atoms with Gasteiger partial charge in [0, 0.05) is 43.7 Å². The lowest BCUT2D eigenvalue weighted by atomic mass is 9.81. The molecule has 148 valence electrons. The number of morpholine rings is 1. The monoisotopic (exact) mass is 377 g/mol. The molecule has 2 amide bonds. The molecule has 2 fully saturated rings. The van der Waals surface area contributed by atoms with Gasteiger partial charge in [-0.25, -0.2) is 4.39 Å². The number of hydrogen-bond acceptors (Lipinski definition) is 4. The SMILES string of the molecule is O=C(NCCN1CCOCC1)C1CCC(C(=O)Nc2cccc(F)c2)CC1. The number of ether oxygens (including phenoxy) is 1. The quantitative estimate of drug-likeness (QED) is 0.796. The summed E-state index contributed by atoms with van der Waals surface area (Å²) in [6.45, 7) is 4.85. The van der Waals surface area contributed by atoms with Crippen LogP contribution in [-0.2, 0) is 14.3 Å². The van der Waals surface area contributed by atoms with Crippen molar-refractivity contribution in [3.8, 4) is 0 Å². The second kappa shape index (κ2) is 9.80. The van der Waals surface area contributed by atoms with Crippen LogP contribution >= 0.6 is 0 Å². The second-order valence-electron chi connectivity index (χ2n) is 7.29. The molecule has 1 aliphatic heterocycles. The topological polar surface area (TPSA) is 70.7 Å². The summed E-state index contributed by atoms with van der Waals surface area (Å²) in [6.07, 6.45) is 2.79. The fourth-order valence-electron chi connectivity index (χ4n) is 3.73. The van der Waals surface area contributed by atoms with E-state index in [9.17, 15) is 14.0 Å². The van der Waals surface area contributed by atoms with E-state index >= 15 is 0 Å². The van der Waals surface area contributed by atoms with E-state index in [0.29, 0.717) is 37.9 Å². The highest BCUT2D eigenvalue weighted by atomic mass is 19.1. The third kappa shape index (κ3) is 6.01. The standard InChI is InChI=1S/C20H28FN3O3/c21-17-2-1-3-18(14-17)23-20(26)16-6-4-15(5-7-16)19(25)22-8-9-24-10-12-27-13-11-24/h1-3,14-16H,4-13H2,(H,22,25)(H,23,26). The van der Waals surface area contributed by atoms with Crippen LogP contribution in [0.25, 0.3) is 0 Å². The van der Waals surface area contributed by atoms with Gasteiger partial charge in [-0.1, -0.05) is 6.07 Å². The number of nitrogens with one attached hydrogen (secondary N) is 2. The summed E-state index contributed by atoms with van der Waals surface area (Å²) in [6, 6.07) is 5.90. The number of benzene rings is 1. The molecule has 0 aromatic heterocycles. The summed E-state index contributed by atoms with van der Waals surface area (Å²) in [5.41, 5.74) is 0.475. The molecule has 3 rings (SSSR count). The number of rotatable bonds is 6. The molecule has 1 aliphatic carbocycles. The zero-order chi connectivity index (χ0) is 19.1. The average Bonchev–Trinajstić information content (AvgIpc) is 2.69. The smallest absolute Gasteiger partial charge is 0.227 e. The molecule has 2 aliphatic rings. The number of nitrogens with zero attached hydrogens (tertiary/aromatic N) is 1. The van der Waals surface area contributed by atoms with Crippen LogP contribution < -0.4 is 10.6 Å². The van der Waals surface area contributed by atoms with E-state index in [1.54, 1.807) is 12.1 Å². The van der Waals surface area contributed by atoms with Crippen molar-refractivity contribution >= 4 is 17.5 Å². The van der Waals surface area contributed by atoms with E-state index in [4.69, 9.17) is 4.74 Å². The van der Waals surface area contributed by atoms with Gasteiger partial charge in [-0.15, -0.1) is 0 Å². The maximum absolute atomic E-state index is 13.2. The lowest BCUT2D eigenvalue weighted by Gasteiger charge is -2.28. The van der Waals surface area contributed by atoms with Crippen molar-refractivity contribution in [2.24, 2.45) is 11.8 Å². The van der Waals surface area contributed by atoms with Gasteiger partial charge in [0.15, 0.2) is 0 Å². The first kappa shape index (κ1) is 19.8. The summed E-state index contributed by atoms with van der Waals surface area (Å²) in [5.74, 6) is -0.511. The maximum atomic E-state index is 13.2. The molecule has 7 heteroatoms. The predicted octanol–water partition coefficient (Wildman–Crippen LogP) is 2.02. The zero-order valence-corrected chi connectivity index (χ0v) is 15.6. The molecule has 27 heavy (non-hydrogen) atoms. The van der Waals surface area contributed by atoms with Crippen LogP contribution in [0.2, 0.25) is 0 Å². The Kier molecular flexibility index (Phi) is 7.18. The maximum Gasteiger partial charge on any atom is 0.227 e. The molecular weight excluding hydrogens is 349 g/mol. The summed E-state index contributed by atoms with van der Waals surface area (Å²) < 4.78 is 18.5. The number of carbonyl (C=O) groups is 2. The fourth-order valence-corrected chi connectivity index (χ4v) is 3.73. The van der Waals surface area contributed by atoms with E-state index in [-0.39, 0.29) is 29.5 Å². The van der Waals surface area contributed by atoms with E-state index < -0.39 is 0 Å². The van der Waals surface area contributed by atoms with Gasteiger partial charge in [-0.3, -0.25) is 14.5 Å². The van der Waals surface area contributed by atoms with Crippen molar-refractivity contribution in [1.29, 1.82) is 0 Å². The van der Waals surface area contributed by atoms with Crippen LogP contribution in [0.5, 0.6) is 0 Å². The number of anilines is 1. The van der Waals surface area contributed by atoms with Crippen molar-refractivity contribution in [2.75, 3.05) is 44.7 Å². The van der Waals surface area contributed by atoms with Gasteiger partial charge in [0.2, 0.25) is 11.8 Å². The number of carbonyl (C=O) groups excluding carboxylic acids is 2. The van der Waals surface area contributed by atoms with Crippen LogP contribution in [0.15, 0.2) is 24.3 Å². The molecule has 0 atom stereocenters. The van der Waals surface area contributed by atoms with Crippen LogP contribution in [0.4, 0.5) is 10.1 Å². The fraction of sp³-hybridized carbons (Fsp3) is 0.600. The molecule has 2 N–H and O–H groups in total. The Morgan fingerprint density at radius 1 is 1.07 bits per heavy atom. The minimum Gasteiger partial charge on any atom is -0.379 e. The number of amides is 2. The first-order chi connectivity index (χ1) is 13.1. The molecule has 1 saturated heterocycles. The van der Waals surface area contributed by atoms with E-state index in [1.807, 2.05) is 0 Å². The lowest BCUT2D eigenvalue weighted by molar-refractivity contribution is -0.128. The Hall–Kier alpha value is -1.99. The van der Waals surface area contributed by atoms with Gasteiger partial charge >= 0.3 is 0 Å². The van der Waals surface area contributed by atoms with Gasteiger partial charge in [-0.2, -0.15) is 0 Å². The molecule has 0 radical (unpaired) electrons. The predicted molar refractivity (Wildman–Crippen MR) is 101 cm³/mol. The minimum absolute atomic E-state index is 0.0205. The minimum atomic E-state index is -0.370. The van der Waals surface area contributed by atoms with E-state index in [2.05, 4.69) is 15.5 Å². The van der Waals surface area contributed by atoms with Crippen LogP contribution in [0.1, 0.15) is 25.7 Å². The van der Waals surface area contributed by atoms with Crippen LogP contribution in [0, 0.1) is 17.7 Å². The molecule has 1 heterocycles.